The maximum absolute atomic E-state index is 13.3. The van der Waals surface area contributed by atoms with Crippen molar-refractivity contribution in [3.05, 3.63) is 81.3 Å². The number of benzene rings is 1. The second kappa shape index (κ2) is 13.6. The minimum atomic E-state index is -4.81. The molecular formula is C26H25F5N8O3S. The van der Waals surface area contributed by atoms with Crippen LogP contribution in [0.2, 0.25) is 0 Å². The van der Waals surface area contributed by atoms with Gasteiger partial charge in [0.1, 0.15) is 16.5 Å². The molecule has 0 aliphatic carbocycles. The Balaban J connectivity index is 1.16. The van der Waals surface area contributed by atoms with Gasteiger partial charge < -0.3 is 15.4 Å². The molecule has 17 heteroatoms. The smallest absolute Gasteiger partial charge is 0.406 e. The molecule has 2 amide bonds. The number of aryl methyl sites for hydroxylation is 2. The number of hydrogen-bond donors (Lipinski definition) is 2. The maximum Gasteiger partial charge on any atom is 0.573 e. The largest absolute Gasteiger partial charge is 0.573 e. The second-order valence-corrected chi connectivity index (χ2v) is 10.4. The molecule has 0 unspecified atom stereocenters. The molecule has 0 spiro atoms. The highest BCUT2D eigenvalue weighted by Gasteiger charge is 2.31. The Bertz CT molecular complexity index is 1540. The lowest BCUT2D eigenvalue weighted by molar-refractivity contribution is -0.274. The van der Waals surface area contributed by atoms with Crippen molar-refractivity contribution in [1.29, 1.82) is 0 Å². The van der Waals surface area contributed by atoms with Gasteiger partial charge >= 0.3 is 6.36 Å². The molecule has 11 nitrogen and oxygen atoms in total. The van der Waals surface area contributed by atoms with Gasteiger partial charge in [-0.3, -0.25) is 19.3 Å². The Morgan fingerprint density at radius 1 is 0.953 bits per heavy atom. The van der Waals surface area contributed by atoms with Gasteiger partial charge in [-0.2, -0.15) is 8.78 Å². The van der Waals surface area contributed by atoms with Gasteiger partial charge in [0.25, 0.3) is 17.7 Å². The summed E-state index contributed by atoms with van der Waals surface area (Å²) in [5.41, 5.74) is 0.670. The van der Waals surface area contributed by atoms with Gasteiger partial charge in [-0.25, -0.2) is 0 Å². The molecule has 0 atom stereocenters. The van der Waals surface area contributed by atoms with Crippen LogP contribution in [0.1, 0.15) is 61.9 Å². The van der Waals surface area contributed by atoms with Crippen LogP contribution in [0, 0.1) is 0 Å². The number of nitrogens with zero attached hydrogens (tertiary/aromatic N) is 6. The molecule has 0 bridgehead atoms. The predicted molar refractivity (Wildman–Crippen MR) is 142 cm³/mol. The van der Waals surface area contributed by atoms with Gasteiger partial charge in [0, 0.05) is 39.2 Å². The Kier molecular flexibility index (Phi) is 9.95. The van der Waals surface area contributed by atoms with Crippen molar-refractivity contribution < 1.29 is 36.3 Å². The van der Waals surface area contributed by atoms with Crippen LogP contribution in [0.15, 0.2) is 48.8 Å². The lowest BCUT2D eigenvalue weighted by Gasteiger charge is -2.10. The first-order valence-corrected chi connectivity index (χ1v) is 13.6. The summed E-state index contributed by atoms with van der Waals surface area (Å²) >= 11 is 1.14. The number of pyridine rings is 1. The zero-order chi connectivity index (χ0) is 31.0. The van der Waals surface area contributed by atoms with Gasteiger partial charge in [-0.15, -0.1) is 28.5 Å². The highest BCUT2D eigenvalue weighted by Crippen LogP contribution is 2.25. The number of carbonyl (C=O) groups excluding carboxylic acids is 2. The molecule has 0 saturated heterocycles. The average molecular weight is 625 g/mol. The van der Waals surface area contributed by atoms with Gasteiger partial charge in [0.05, 0.1) is 6.20 Å². The van der Waals surface area contributed by atoms with Crippen LogP contribution in [0.4, 0.5) is 22.0 Å². The third-order valence-corrected chi connectivity index (χ3v) is 6.75. The standard InChI is InChI=1S/C26H25F5N8O3S/c1-25(27,28)20-9-8-17(13-32-20)14-34-23(41)24-37-36-21(43-24)7-2-3-10-39-15-19(35-38-39)22(40)33-12-16-5-4-6-18(11-16)42-26(29,30)31/h4-6,8-9,11,13,15H,2-3,7,10,12,14H2,1H3,(H,33,40)(H,34,41). The van der Waals surface area contributed by atoms with Crippen LogP contribution in [0.5, 0.6) is 5.75 Å². The summed E-state index contributed by atoms with van der Waals surface area (Å²) in [6.45, 7) is 1.28. The number of amides is 2. The Hall–Kier alpha value is -4.54. The van der Waals surface area contributed by atoms with E-state index in [0.717, 1.165) is 24.3 Å². The molecule has 0 fully saturated rings. The molecule has 4 aromatic rings. The Labute approximate surface area is 245 Å². The fraction of sp³-hybridized carbons (Fsp3) is 0.346. The third-order valence-electron chi connectivity index (χ3n) is 5.77. The van der Waals surface area contributed by atoms with E-state index in [1.807, 2.05) is 0 Å². The molecule has 0 aliphatic rings. The van der Waals surface area contributed by atoms with Crippen molar-refractivity contribution >= 4 is 23.2 Å². The number of ether oxygens (including phenoxy) is 1. The van der Waals surface area contributed by atoms with Crippen LogP contribution in [-0.4, -0.2) is 48.4 Å². The highest BCUT2D eigenvalue weighted by atomic mass is 32.1. The van der Waals surface area contributed by atoms with E-state index >= 15 is 0 Å². The van der Waals surface area contributed by atoms with E-state index in [2.05, 4.69) is 40.9 Å². The normalized spacial score (nSPS) is 11.8. The lowest BCUT2D eigenvalue weighted by Crippen LogP contribution is -2.23. The monoisotopic (exact) mass is 624 g/mol. The van der Waals surface area contributed by atoms with Gasteiger partial charge in [0.15, 0.2) is 5.69 Å². The molecule has 0 saturated carbocycles. The Morgan fingerprint density at radius 3 is 2.44 bits per heavy atom. The van der Waals surface area contributed by atoms with E-state index in [0.29, 0.717) is 41.9 Å². The van der Waals surface area contributed by atoms with Crippen molar-refractivity contribution in [2.75, 3.05) is 0 Å². The molecule has 0 aliphatic heterocycles. The van der Waals surface area contributed by atoms with Crippen LogP contribution in [0.3, 0.4) is 0 Å². The first-order chi connectivity index (χ1) is 20.4. The fourth-order valence-electron chi connectivity index (χ4n) is 3.68. The van der Waals surface area contributed by atoms with Gasteiger partial charge in [0.2, 0.25) is 5.01 Å². The number of nitrogens with one attached hydrogen (secondary N) is 2. The molecule has 2 N–H and O–H groups in total. The van der Waals surface area contributed by atoms with Crippen molar-refractivity contribution in [2.24, 2.45) is 0 Å². The summed E-state index contributed by atoms with van der Waals surface area (Å²) in [7, 11) is 0. The second-order valence-electron chi connectivity index (χ2n) is 9.33. The molecule has 3 aromatic heterocycles. The predicted octanol–water partition coefficient (Wildman–Crippen LogP) is 4.42. The van der Waals surface area contributed by atoms with E-state index in [1.54, 1.807) is 6.07 Å². The number of aromatic nitrogens is 6. The first-order valence-electron chi connectivity index (χ1n) is 12.8. The summed E-state index contributed by atoms with van der Waals surface area (Å²) < 4.78 is 69.1. The minimum Gasteiger partial charge on any atom is -0.406 e. The number of hydrogen-bond acceptors (Lipinski definition) is 9. The van der Waals surface area contributed by atoms with Crippen LogP contribution in [0.25, 0.3) is 0 Å². The fourth-order valence-corrected chi connectivity index (χ4v) is 4.48. The molecule has 0 radical (unpaired) electrons. The van der Waals surface area contributed by atoms with E-state index in [9.17, 15) is 31.5 Å². The van der Waals surface area contributed by atoms with Crippen molar-refractivity contribution in [3.63, 3.8) is 0 Å². The summed E-state index contributed by atoms with van der Waals surface area (Å²) in [5, 5.41) is 21.8. The first kappa shape index (κ1) is 31.4. The van der Waals surface area contributed by atoms with Crippen LogP contribution >= 0.6 is 11.3 Å². The van der Waals surface area contributed by atoms with E-state index in [4.69, 9.17) is 0 Å². The maximum atomic E-state index is 13.3. The van der Waals surface area contributed by atoms with Crippen LogP contribution in [-0.2, 0) is 32.0 Å². The van der Waals surface area contributed by atoms with Crippen molar-refractivity contribution in [1.82, 2.24) is 40.8 Å². The third kappa shape index (κ3) is 9.76. The number of halogens is 5. The summed E-state index contributed by atoms with van der Waals surface area (Å²) in [6.07, 6.45) is -0.162. The SMILES string of the molecule is CC(F)(F)c1ccc(CNC(=O)c2nnc(CCCCn3cc(C(=O)NCc4cccc(OC(F)(F)F)c4)nn3)s2)cn1. The van der Waals surface area contributed by atoms with Crippen molar-refractivity contribution in [2.45, 2.75) is 58.1 Å². The molecule has 4 rings (SSSR count). The van der Waals surface area contributed by atoms with Gasteiger partial charge in [-0.1, -0.05) is 34.7 Å². The number of unbranched alkanes of at least 4 members (excludes halogenated alkanes) is 1. The molecule has 43 heavy (non-hydrogen) atoms. The number of carbonyl (C=O) groups is 2. The quantitative estimate of drug-likeness (QED) is 0.165. The molecule has 228 valence electrons. The molecule has 3 heterocycles. The lowest BCUT2D eigenvalue weighted by atomic mass is 10.2. The van der Waals surface area contributed by atoms with E-state index in [1.165, 1.54) is 41.3 Å². The average Bonchev–Trinajstić information content (AvgIpc) is 3.62. The summed E-state index contributed by atoms with van der Waals surface area (Å²) in [6, 6.07) is 7.95. The van der Waals surface area contributed by atoms with E-state index in [-0.39, 0.29) is 35.2 Å². The highest BCUT2D eigenvalue weighted by molar-refractivity contribution is 7.13. The van der Waals surface area contributed by atoms with E-state index < -0.39 is 24.1 Å². The summed E-state index contributed by atoms with van der Waals surface area (Å²) in [4.78, 5) is 28.5. The zero-order valence-corrected chi connectivity index (χ0v) is 23.4. The Morgan fingerprint density at radius 2 is 1.72 bits per heavy atom. The zero-order valence-electron chi connectivity index (χ0n) is 22.6. The summed E-state index contributed by atoms with van der Waals surface area (Å²) in [5.74, 6) is -4.41. The van der Waals surface area contributed by atoms with Crippen molar-refractivity contribution in [3.8, 4) is 5.75 Å². The van der Waals surface area contributed by atoms with Gasteiger partial charge in [-0.05, 0) is 42.2 Å². The number of rotatable bonds is 13. The molecule has 1 aromatic carbocycles. The topological polar surface area (TPSA) is 137 Å². The van der Waals surface area contributed by atoms with Crippen LogP contribution < -0.4 is 15.4 Å². The number of alkyl halides is 5. The minimum absolute atomic E-state index is 0.0344. The molecular weight excluding hydrogens is 599 g/mol.